The molecule has 0 fully saturated rings. The SMILES string of the molecule is Cc1nn(C)c2sc(C(=O)OCc3cc4ccccc4o3)cc12. The number of aromatic nitrogens is 2. The number of hydrogen-bond acceptors (Lipinski definition) is 5. The molecule has 116 valence electrons. The third-order valence-electron chi connectivity index (χ3n) is 3.72. The number of hydrogen-bond donors (Lipinski definition) is 0. The van der Waals surface area contributed by atoms with Gasteiger partial charge < -0.3 is 9.15 Å². The number of furan rings is 1. The van der Waals surface area contributed by atoms with Crippen LogP contribution in [0.15, 0.2) is 40.8 Å². The first-order valence-corrected chi connectivity index (χ1v) is 8.01. The standard InChI is InChI=1S/C17H14N2O3S/c1-10-13-8-15(23-16(13)19(2)18-10)17(20)21-9-12-7-11-5-3-4-6-14(11)22-12/h3-8H,9H2,1-2H3. The van der Waals surface area contributed by atoms with Crippen molar-refractivity contribution in [1.29, 1.82) is 0 Å². The Morgan fingerprint density at radius 3 is 2.96 bits per heavy atom. The highest BCUT2D eigenvalue weighted by molar-refractivity contribution is 7.20. The maximum atomic E-state index is 12.2. The lowest BCUT2D eigenvalue weighted by molar-refractivity contribution is 0.0453. The van der Waals surface area contributed by atoms with E-state index in [1.54, 1.807) is 4.68 Å². The zero-order valence-electron chi connectivity index (χ0n) is 12.7. The summed E-state index contributed by atoms with van der Waals surface area (Å²) >= 11 is 1.39. The van der Waals surface area contributed by atoms with Gasteiger partial charge in [-0.1, -0.05) is 18.2 Å². The molecule has 0 saturated carbocycles. The number of carbonyl (C=O) groups is 1. The zero-order chi connectivity index (χ0) is 16.0. The summed E-state index contributed by atoms with van der Waals surface area (Å²) in [5.74, 6) is 0.296. The van der Waals surface area contributed by atoms with E-state index < -0.39 is 0 Å². The molecule has 3 aromatic heterocycles. The first-order valence-electron chi connectivity index (χ1n) is 7.19. The summed E-state index contributed by atoms with van der Waals surface area (Å²) in [6.07, 6.45) is 0. The second-order valence-corrected chi connectivity index (χ2v) is 6.40. The lowest BCUT2D eigenvalue weighted by atomic mass is 10.2. The fourth-order valence-corrected chi connectivity index (χ4v) is 3.64. The van der Waals surface area contributed by atoms with E-state index in [2.05, 4.69) is 5.10 Å². The third-order valence-corrected chi connectivity index (χ3v) is 4.90. The van der Waals surface area contributed by atoms with Crippen molar-refractivity contribution in [2.24, 2.45) is 7.05 Å². The smallest absolute Gasteiger partial charge is 0.348 e. The van der Waals surface area contributed by atoms with Crippen molar-refractivity contribution in [2.45, 2.75) is 13.5 Å². The molecule has 0 aliphatic heterocycles. The number of fused-ring (bicyclic) bond motifs is 2. The molecule has 0 spiro atoms. The van der Waals surface area contributed by atoms with Gasteiger partial charge in [-0.05, 0) is 25.1 Å². The molecule has 0 unspecified atom stereocenters. The normalized spacial score (nSPS) is 11.4. The van der Waals surface area contributed by atoms with Crippen molar-refractivity contribution in [3.8, 4) is 0 Å². The molecule has 0 radical (unpaired) electrons. The van der Waals surface area contributed by atoms with Crippen LogP contribution < -0.4 is 0 Å². The van der Waals surface area contributed by atoms with Gasteiger partial charge in [0, 0.05) is 17.8 Å². The lowest BCUT2D eigenvalue weighted by Crippen LogP contribution is -2.02. The van der Waals surface area contributed by atoms with Crippen molar-refractivity contribution in [3.05, 3.63) is 52.7 Å². The average molecular weight is 326 g/mol. The van der Waals surface area contributed by atoms with Crippen LogP contribution in [0.5, 0.6) is 0 Å². The van der Waals surface area contributed by atoms with Gasteiger partial charge in [-0.25, -0.2) is 4.79 Å². The Bertz CT molecular complexity index is 958. The highest BCUT2D eigenvalue weighted by atomic mass is 32.1. The van der Waals surface area contributed by atoms with E-state index >= 15 is 0 Å². The second kappa shape index (κ2) is 5.24. The van der Waals surface area contributed by atoms with E-state index in [-0.39, 0.29) is 12.6 Å². The largest absolute Gasteiger partial charge is 0.457 e. The lowest BCUT2D eigenvalue weighted by Gasteiger charge is -2.00. The molecule has 5 nitrogen and oxygen atoms in total. The van der Waals surface area contributed by atoms with Crippen LogP contribution in [0.25, 0.3) is 21.2 Å². The van der Waals surface area contributed by atoms with Crippen LogP contribution in [0.2, 0.25) is 0 Å². The molecule has 4 rings (SSSR count). The van der Waals surface area contributed by atoms with Crippen molar-refractivity contribution in [2.75, 3.05) is 0 Å². The number of benzene rings is 1. The van der Waals surface area contributed by atoms with Crippen LogP contribution in [0.1, 0.15) is 21.1 Å². The van der Waals surface area contributed by atoms with Crippen LogP contribution in [-0.2, 0) is 18.4 Å². The Hall–Kier alpha value is -2.60. The van der Waals surface area contributed by atoms with Crippen LogP contribution in [-0.4, -0.2) is 15.7 Å². The molecule has 6 heteroatoms. The fourth-order valence-electron chi connectivity index (χ4n) is 2.62. The molecule has 23 heavy (non-hydrogen) atoms. The van der Waals surface area contributed by atoms with E-state index in [1.807, 2.05) is 50.4 Å². The minimum absolute atomic E-state index is 0.124. The number of rotatable bonds is 3. The highest BCUT2D eigenvalue weighted by Crippen LogP contribution is 2.28. The number of nitrogens with zero attached hydrogens (tertiary/aromatic N) is 2. The Kier molecular flexibility index (Phi) is 3.20. The van der Waals surface area contributed by atoms with E-state index in [0.29, 0.717) is 10.6 Å². The molecule has 4 aromatic rings. The van der Waals surface area contributed by atoms with Crippen LogP contribution in [0, 0.1) is 6.92 Å². The first kappa shape index (κ1) is 14.0. The third kappa shape index (κ3) is 2.41. The Morgan fingerprint density at radius 2 is 2.17 bits per heavy atom. The Balaban J connectivity index is 1.53. The predicted molar refractivity (Wildman–Crippen MR) is 88.7 cm³/mol. The maximum Gasteiger partial charge on any atom is 0.348 e. The zero-order valence-corrected chi connectivity index (χ0v) is 13.5. The number of ether oxygens (including phenoxy) is 1. The Labute approximate surface area is 136 Å². The summed E-state index contributed by atoms with van der Waals surface area (Å²) in [5, 5.41) is 6.32. The summed E-state index contributed by atoms with van der Waals surface area (Å²) in [6.45, 7) is 2.05. The molecule has 0 saturated heterocycles. The molecule has 3 heterocycles. The molecular weight excluding hydrogens is 312 g/mol. The monoisotopic (exact) mass is 326 g/mol. The molecular formula is C17H14N2O3S. The number of thiophene rings is 1. The van der Waals surface area contributed by atoms with Gasteiger partial charge in [0.25, 0.3) is 0 Å². The topological polar surface area (TPSA) is 57.3 Å². The number of para-hydroxylation sites is 1. The minimum atomic E-state index is -0.342. The van der Waals surface area contributed by atoms with Crippen LogP contribution in [0.4, 0.5) is 0 Å². The number of aryl methyl sites for hydroxylation is 2. The van der Waals surface area contributed by atoms with Gasteiger partial charge in [0.05, 0.1) is 5.69 Å². The van der Waals surface area contributed by atoms with E-state index in [0.717, 1.165) is 26.9 Å². The molecule has 0 N–H and O–H groups in total. The molecule has 0 aliphatic carbocycles. The van der Waals surface area contributed by atoms with Gasteiger partial charge in [0.15, 0.2) is 0 Å². The van der Waals surface area contributed by atoms with E-state index in [4.69, 9.17) is 9.15 Å². The van der Waals surface area contributed by atoms with Gasteiger partial charge in [0.2, 0.25) is 0 Å². The summed E-state index contributed by atoms with van der Waals surface area (Å²) in [4.78, 5) is 13.8. The number of carbonyl (C=O) groups excluding carboxylic acids is 1. The molecule has 0 atom stereocenters. The summed E-state index contributed by atoms with van der Waals surface area (Å²) < 4.78 is 12.8. The average Bonchev–Trinajstić information content (AvgIpc) is 3.21. The van der Waals surface area contributed by atoms with Crippen molar-refractivity contribution in [1.82, 2.24) is 9.78 Å². The molecule has 0 amide bonds. The second-order valence-electron chi connectivity index (χ2n) is 5.37. The number of esters is 1. The van der Waals surface area contributed by atoms with Crippen LogP contribution in [0.3, 0.4) is 0 Å². The minimum Gasteiger partial charge on any atom is -0.457 e. The van der Waals surface area contributed by atoms with Gasteiger partial charge in [-0.3, -0.25) is 4.68 Å². The Morgan fingerprint density at radius 1 is 1.35 bits per heavy atom. The summed E-state index contributed by atoms with van der Waals surface area (Å²) in [7, 11) is 1.87. The van der Waals surface area contributed by atoms with Gasteiger partial charge in [0.1, 0.15) is 27.7 Å². The van der Waals surface area contributed by atoms with Crippen molar-refractivity contribution >= 4 is 38.5 Å². The van der Waals surface area contributed by atoms with Gasteiger partial charge in [-0.2, -0.15) is 5.10 Å². The fraction of sp³-hybridized carbons (Fsp3) is 0.176. The van der Waals surface area contributed by atoms with Gasteiger partial charge in [-0.15, -0.1) is 11.3 Å². The molecule has 0 bridgehead atoms. The molecule has 0 aliphatic rings. The van der Waals surface area contributed by atoms with E-state index in [9.17, 15) is 4.79 Å². The van der Waals surface area contributed by atoms with E-state index in [1.165, 1.54) is 11.3 Å². The van der Waals surface area contributed by atoms with Crippen molar-refractivity contribution in [3.63, 3.8) is 0 Å². The van der Waals surface area contributed by atoms with Crippen LogP contribution >= 0.6 is 11.3 Å². The molecule has 1 aromatic carbocycles. The maximum absolute atomic E-state index is 12.2. The highest BCUT2D eigenvalue weighted by Gasteiger charge is 2.16. The summed E-state index contributed by atoms with van der Waals surface area (Å²) in [6, 6.07) is 11.4. The predicted octanol–water partition coefficient (Wildman–Crippen LogP) is 4.05. The quantitative estimate of drug-likeness (QED) is 0.533. The van der Waals surface area contributed by atoms with Gasteiger partial charge >= 0.3 is 5.97 Å². The summed E-state index contributed by atoms with van der Waals surface area (Å²) in [5.41, 5.74) is 1.71. The first-order chi connectivity index (χ1) is 11.1. The van der Waals surface area contributed by atoms with Crippen molar-refractivity contribution < 1.29 is 13.9 Å².